The zero-order valence-corrected chi connectivity index (χ0v) is 18.6. The van der Waals surface area contributed by atoms with Gasteiger partial charge in [0.1, 0.15) is 11.4 Å². The first kappa shape index (κ1) is 22.2. The summed E-state index contributed by atoms with van der Waals surface area (Å²) in [7, 11) is -2.16. The van der Waals surface area contributed by atoms with Crippen LogP contribution in [-0.4, -0.2) is 37.7 Å². The van der Waals surface area contributed by atoms with E-state index in [4.69, 9.17) is 10.00 Å². The van der Waals surface area contributed by atoms with E-state index >= 15 is 0 Å². The number of amides is 1. The molecule has 0 unspecified atom stereocenters. The van der Waals surface area contributed by atoms with Gasteiger partial charge in [-0.3, -0.25) is 9.78 Å². The second-order valence-electron chi connectivity index (χ2n) is 6.54. The molecule has 0 saturated carbocycles. The Kier molecular flexibility index (Phi) is 6.53. The molecule has 1 amide bonds. The monoisotopic (exact) mass is 457 g/mol. The Bertz CT molecular complexity index is 1230. The zero-order valence-electron chi connectivity index (χ0n) is 17.0. The number of carbonyl (C=O) groups is 1. The maximum Gasteiger partial charge on any atom is 0.284 e. The van der Waals surface area contributed by atoms with E-state index in [1.54, 1.807) is 50.6 Å². The molecule has 3 aromatic rings. The summed E-state index contributed by atoms with van der Waals surface area (Å²) in [6, 6.07) is 12.6. The van der Waals surface area contributed by atoms with Crippen LogP contribution in [0.5, 0.6) is 5.75 Å². The van der Waals surface area contributed by atoms with Crippen molar-refractivity contribution >= 4 is 38.1 Å². The number of hydrogen-bond acceptors (Lipinski definition) is 9. The number of methoxy groups -OCH3 is 1. The van der Waals surface area contributed by atoms with Gasteiger partial charge in [0.15, 0.2) is 5.13 Å². The number of nitrogens with zero attached hydrogens (tertiary/aromatic N) is 4. The normalized spacial score (nSPS) is 10.9. The molecular formula is C20H19N5O4S2. The quantitative estimate of drug-likeness (QED) is 0.574. The number of pyridine rings is 1. The highest BCUT2D eigenvalue weighted by atomic mass is 32.2. The first-order valence-electron chi connectivity index (χ1n) is 8.96. The first-order chi connectivity index (χ1) is 14.7. The number of carbonyl (C=O) groups excluding carboxylic acids is 1. The number of aryl methyl sites for hydroxylation is 1. The van der Waals surface area contributed by atoms with Gasteiger partial charge in [-0.2, -0.15) is 5.26 Å². The first-order valence-corrected chi connectivity index (χ1v) is 11.7. The molecule has 1 N–H and O–H groups in total. The lowest BCUT2D eigenvalue weighted by molar-refractivity contribution is 0.0977. The molecule has 160 valence electrons. The SMILES string of the molecule is COc1ccc(CN(c2ccc(C#N)cc2)c2nc(C(=O)NS(C)(=O)=O)c(C)s2)nc1. The molecule has 0 radical (unpaired) electrons. The second-order valence-corrected chi connectivity index (χ2v) is 9.47. The number of aromatic nitrogens is 2. The van der Waals surface area contributed by atoms with Crippen LogP contribution in [0.2, 0.25) is 0 Å². The van der Waals surface area contributed by atoms with Crippen LogP contribution in [0.1, 0.15) is 26.6 Å². The molecule has 1 aromatic carbocycles. The highest BCUT2D eigenvalue weighted by molar-refractivity contribution is 7.89. The van der Waals surface area contributed by atoms with E-state index < -0.39 is 15.9 Å². The van der Waals surface area contributed by atoms with Crippen molar-refractivity contribution in [1.82, 2.24) is 14.7 Å². The van der Waals surface area contributed by atoms with E-state index in [-0.39, 0.29) is 5.69 Å². The van der Waals surface area contributed by atoms with E-state index in [0.717, 1.165) is 17.6 Å². The number of nitriles is 1. The van der Waals surface area contributed by atoms with Crippen LogP contribution in [0.25, 0.3) is 0 Å². The Balaban J connectivity index is 2.00. The Morgan fingerprint density at radius 3 is 2.52 bits per heavy atom. The average Bonchev–Trinajstić information content (AvgIpc) is 3.13. The van der Waals surface area contributed by atoms with Crippen molar-refractivity contribution in [3.8, 4) is 11.8 Å². The van der Waals surface area contributed by atoms with Crippen molar-refractivity contribution in [3.63, 3.8) is 0 Å². The average molecular weight is 458 g/mol. The van der Waals surface area contributed by atoms with Gasteiger partial charge in [-0.05, 0) is 43.3 Å². The van der Waals surface area contributed by atoms with Gasteiger partial charge in [-0.25, -0.2) is 18.1 Å². The van der Waals surface area contributed by atoms with E-state index in [0.29, 0.717) is 27.9 Å². The summed E-state index contributed by atoms with van der Waals surface area (Å²) in [5.74, 6) is -0.164. The van der Waals surface area contributed by atoms with Crippen LogP contribution < -0.4 is 14.4 Å². The molecule has 9 nitrogen and oxygen atoms in total. The lowest BCUT2D eigenvalue weighted by atomic mass is 10.2. The maximum atomic E-state index is 12.3. The number of rotatable bonds is 7. The van der Waals surface area contributed by atoms with Crippen LogP contribution in [0.3, 0.4) is 0 Å². The molecule has 2 aromatic heterocycles. The maximum absolute atomic E-state index is 12.3. The zero-order chi connectivity index (χ0) is 22.6. The fraction of sp³-hybridized carbons (Fsp3) is 0.200. The lowest BCUT2D eigenvalue weighted by Crippen LogP contribution is -2.30. The summed E-state index contributed by atoms with van der Waals surface area (Å²) in [4.78, 5) is 23.5. The third-order valence-electron chi connectivity index (χ3n) is 4.17. The molecule has 0 bridgehead atoms. The Hall–Kier alpha value is -3.49. The van der Waals surface area contributed by atoms with Gasteiger partial charge >= 0.3 is 0 Å². The van der Waals surface area contributed by atoms with Gasteiger partial charge in [-0.1, -0.05) is 0 Å². The molecule has 0 fully saturated rings. The predicted molar refractivity (Wildman–Crippen MR) is 117 cm³/mol. The molecule has 0 aliphatic heterocycles. The van der Waals surface area contributed by atoms with E-state index in [9.17, 15) is 13.2 Å². The molecule has 0 saturated heterocycles. The molecular weight excluding hydrogens is 438 g/mol. The number of ether oxygens (including phenoxy) is 1. The molecule has 0 atom stereocenters. The number of nitrogens with one attached hydrogen (secondary N) is 1. The number of hydrogen-bond donors (Lipinski definition) is 1. The predicted octanol–water partition coefficient (Wildman–Crippen LogP) is 2.75. The minimum absolute atomic E-state index is 0.0340. The Labute approximate surface area is 184 Å². The smallest absolute Gasteiger partial charge is 0.284 e. The molecule has 0 aliphatic rings. The summed E-state index contributed by atoms with van der Waals surface area (Å²) < 4.78 is 29.9. The highest BCUT2D eigenvalue weighted by Crippen LogP contribution is 2.33. The molecule has 11 heteroatoms. The second kappa shape index (κ2) is 9.11. The van der Waals surface area contributed by atoms with Crippen LogP contribution in [-0.2, 0) is 16.6 Å². The van der Waals surface area contributed by atoms with Crippen LogP contribution in [0.4, 0.5) is 10.8 Å². The highest BCUT2D eigenvalue weighted by Gasteiger charge is 2.22. The van der Waals surface area contributed by atoms with Crippen LogP contribution >= 0.6 is 11.3 Å². The molecule has 2 heterocycles. The summed E-state index contributed by atoms with van der Waals surface area (Å²) >= 11 is 1.25. The summed E-state index contributed by atoms with van der Waals surface area (Å²) in [5.41, 5.74) is 2.00. The van der Waals surface area contributed by atoms with Gasteiger partial charge in [-0.15, -0.1) is 11.3 Å². The van der Waals surface area contributed by atoms with Crippen molar-refractivity contribution in [2.45, 2.75) is 13.5 Å². The van der Waals surface area contributed by atoms with Crippen molar-refractivity contribution in [2.75, 3.05) is 18.3 Å². The third kappa shape index (κ3) is 5.56. The van der Waals surface area contributed by atoms with Crippen molar-refractivity contribution < 1.29 is 17.9 Å². The standard InChI is InChI=1S/C20H19N5O4S2/c1-13-18(19(26)24-31(3,27)28)23-20(30-13)25(16-7-4-14(10-21)5-8-16)12-15-6-9-17(29-2)11-22-15/h4-9,11H,12H2,1-3H3,(H,24,26). The van der Waals surface area contributed by atoms with Gasteiger partial charge in [0, 0.05) is 10.6 Å². The van der Waals surface area contributed by atoms with E-state index in [2.05, 4.69) is 16.0 Å². The number of benzene rings is 1. The lowest BCUT2D eigenvalue weighted by Gasteiger charge is -2.22. The number of anilines is 2. The van der Waals surface area contributed by atoms with Crippen LogP contribution in [0, 0.1) is 18.3 Å². The molecule has 3 rings (SSSR count). The molecule has 0 spiro atoms. The minimum Gasteiger partial charge on any atom is -0.495 e. The fourth-order valence-electron chi connectivity index (χ4n) is 2.70. The number of thiazole rings is 1. The van der Waals surface area contributed by atoms with E-state index in [1.807, 2.05) is 15.7 Å². The van der Waals surface area contributed by atoms with Gasteiger partial charge in [0.05, 0.1) is 43.4 Å². The Morgan fingerprint density at radius 1 is 1.26 bits per heavy atom. The molecule has 31 heavy (non-hydrogen) atoms. The summed E-state index contributed by atoms with van der Waals surface area (Å²) in [6.07, 6.45) is 2.51. The van der Waals surface area contributed by atoms with Gasteiger partial charge in [0.25, 0.3) is 5.91 Å². The fourth-order valence-corrected chi connectivity index (χ4v) is 4.06. The minimum atomic E-state index is -3.72. The van der Waals surface area contributed by atoms with Crippen molar-refractivity contribution in [2.24, 2.45) is 0 Å². The Morgan fingerprint density at radius 2 is 1.97 bits per heavy atom. The van der Waals surface area contributed by atoms with Gasteiger partial charge < -0.3 is 9.64 Å². The topological polar surface area (TPSA) is 125 Å². The summed E-state index contributed by atoms with van der Waals surface area (Å²) in [6.45, 7) is 2.02. The van der Waals surface area contributed by atoms with Crippen molar-refractivity contribution in [1.29, 1.82) is 5.26 Å². The summed E-state index contributed by atoms with van der Waals surface area (Å²) in [5, 5.41) is 9.56. The molecule has 0 aliphatic carbocycles. The van der Waals surface area contributed by atoms with Crippen LogP contribution in [0.15, 0.2) is 42.6 Å². The van der Waals surface area contributed by atoms with Crippen molar-refractivity contribution in [3.05, 3.63) is 64.4 Å². The van der Waals surface area contributed by atoms with Gasteiger partial charge in [0.2, 0.25) is 10.0 Å². The third-order valence-corrected chi connectivity index (χ3v) is 5.72. The van der Waals surface area contributed by atoms with E-state index in [1.165, 1.54) is 11.3 Å². The number of sulfonamides is 1. The largest absolute Gasteiger partial charge is 0.495 e.